The molecule has 0 saturated heterocycles. The van der Waals surface area contributed by atoms with E-state index in [9.17, 15) is 4.21 Å². The van der Waals surface area contributed by atoms with Crippen LogP contribution in [0.1, 0.15) is 6.92 Å². The molecule has 0 bridgehead atoms. The molecule has 0 rings (SSSR count). The van der Waals surface area contributed by atoms with Gasteiger partial charge < -0.3 is 0 Å². The molecule has 0 aliphatic heterocycles. The highest BCUT2D eigenvalue weighted by molar-refractivity contribution is 7.80. The van der Waals surface area contributed by atoms with Gasteiger partial charge in [-0.1, -0.05) is 6.92 Å². The van der Waals surface area contributed by atoms with Crippen LogP contribution in [0.3, 0.4) is 0 Å². The number of rotatable bonds is 3. The van der Waals surface area contributed by atoms with Crippen LogP contribution < -0.4 is 0 Å². The van der Waals surface area contributed by atoms with Crippen LogP contribution in [0.4, 0.5) is 0 Å². The molecule has 1 unspecified atom stereocenters. The fourth-order valence-electron chi connectivity index (χ4n) is 0.176. The molecule has 0 N–H and O–H groups in total. The van der Waals surface area contributed by atoms with Crippen LogP contribution in [0.5, 0.6) is 0 Å². The largest absolute Gasteiger partial charge is 0.291 e. The minimum atomic E-state index is -1.09. The molecule has 0 aromatic rings. The van der Waals surface area contributed by atoms with Gasteiger partial charge in [0.2, 0.25) is 0 Å². The SMILES string of the molecule is [CH2]COS(=O)CC. The summed E-state index contributed by atoms with van der Waals surface area (Å²) in [5.41, 5.74) is 0. The first-order valence-electron chi connectivity index (χ1n) is 2.12. The fraction of sp³-hybridized carbons (Fsp3) is 0.750. The predicted octanol–water partition coefficient (Wildman–Crippen LogP) is 0.521. The van der Waals surface area contributed by atoms with Gasteiger partial charge in [0.05, 0.1) is 6.61 Å². The van der Waals surface area contributed by atoms with E-state index in [-0.39, 0.29) is 0 Å². The lowest BCUT2D eigenvalue weighted by molar-refractivity contribution is 0.394. The summed E-state index contributed by atoms with van der Waals surface area (Å²) in [6, 6.07) is 0. The third kappa shape index (κ3) is 3.95. The molecule has 0 amide bonds. The van der Waals surface area contributed by atoms with Crippen molar-refractivity contribution in [2.45, 2.75) is 6.92 Å². The molecule has 0 saturated carbocycles. The molecular formula is C4H9O2S. The lowest BCUT2D eigenvalue weighted by atomic mass is 10.9. The van der Waals surface area contributed by atoms with Gasteiger partial charge in [0.1, 0.15) is 0 Å². The van der Waals surface area contributed by atoms with Crippen molar-refractivity contribution in [3.05, 3.63) is 6.92 Å². The van der Waals surface area contributed by atoms with Crippen LogP contribution in [0, 0.1) is 6.92 Å². The molecule has 0 aliphatic carbocycles. The maximum atomic E-state index is 10.3. The lowest BCUT2D eigenvalue weighted by Crippen LogP contribution is -1.97. The first-order valence-corrected chi connectivity index (χ1v) is 3.36. The smallest absolute Gasteiger partial charge is 0.155 e. The summed E-state index contributed by atoms with van der Waals surface area (Å²) in [6.45, 7) is 5.45. The third-order valence-electron chi connectivity index (χ3n) is 0.450. The predicted molar refractivity (Wildman–Crippen MR) is 30.0 cm³/mol. The van der Waals surface area contributed by atoms with E-state index in [4.69, 9.17) is 0 Å². The van der Waals surface area contributed by atoms with E-state index in [2.05, 4.69) is 11.1 Å². The van der Waals surface area contributed by atoms with Crippen molar-refractivity contribution in [1.82, 2.24) is 0 Å². The van der Waals surface area contributed by atoms with Gasteiger partial charge in [-0.2, -0.15) is 0 Å². The van der Waals surface area contributed by atoms with Crippen molar-refractivity contribution in [1.29, 1.82) is 0 Å². The van der Waals surface area contributed by atoms with Gasteiger partial charge in [-0.3, -0.25) is 4.18 Å². The van der Waals surface area contributed by atoms with E-state index < -0.39 is 11.1 Å². The molecule has 7 heavy (non-hydrogen) atoms. The zero-order valence-electron chi connectivity index (χ0n) is 4.35. The molecule has 0 aromatic heterocycles. The number of hydrogen-bond acceptors (Lipinski definition) is 2. The van der Waals surface area contributed by atoms with E-state index in [0.717, 1.165) is 0 Å². The van der Waals surface area contributed by atoms with E-state index in [1.807, 2.05) is 0 Å². The first kappa shape index (κ1) is 7.11. The van der Waals surface area contributed by atoms with Crippen molar-refractivity contribution >= 4 is 11.1 Å². The molecule has 2 nitrogen and oxygen atoms in total. The van der Waals surface area contributed by atoms with Crippen LogP contribution in [0.2, 0.25) is 0 Å². The summed E-state index contributed by atoms with van der Waals surface area (Å²) in [5.74, 6) is 0.551. The Hall–Kier alpha value is 0.110. The Morgan fingerprint density at radius 1 is 1.86 bits per heavy atom. The molecule has 0 spiro atoms. The maximum absolute atomic E-state index is 10.3. The topological polar surface area (TPSA) is 26.3 Å². The highest BCUT2D eigenvalue weighted by atomic mass is 32.2. The fourth-order valence-corrected chi connectivity index (χ4v) is 0.529. The van der Waals surface area contributed by atoms with Crippen molar-refractivity contribution in [2.24, 2.45) is 0 Å². The number of hydrogen-bond donors (Lipinski definition) is 0. The highest BCUT2D eigenvalue weighted by Crippen LogP contribution is 1.80. The Morgan fingerprint density at radius 2 is 2.43 bits per heavy atom. The van der Waals surface area contributed by atoms with E-state index in [0.29, 0.717) is 12.4 Å². The Morgan fingerprint density at radius 3 is 2.57 bits per heavy atom. The third-order valence-corrected chi connectivity index (χ3v) is 1.35. The van der Waals surface area contributed by atoms with E-state index in [1.54, 1.807) is 6.92 Å². The van der Waals surface area contributed by atoms with Gasteiger partial charge >= 0.3 is 0 Å². The summed E-state index contributed by atoms with van der Waals surface area (Å²) in [7, 11) is 0. The summed E-state index contributed by atoms with van der Waals surface area (Å²) < 4.78 is 14.8. The molecule has 0 aliphatic rings. The highest BCUT2D eigenvalue weighted by Gasteiger charge is 1.88. The summed E-state index contributed by atoms with van der Waals surface area (Å²) in [5, 5.41) is 0. The summed E-state index contributed by atoms with van der Waals surface area (Å²) >= 11 is -1.09. The summed E-state index contributed by atoms with van der Waals surface area (Å²) in [6.07, 6.45) is 0. The zero-order valence-corrected chi connectivity index (χ0v) is 5.16. The summed E-state index contributed by atoms with van der Waals surface area (Å²) in [4.78, 5) is 0. The normalized spacial score (nSPS) is 14.0. The Kier molecular flexibility index (Phi) is 4.34. The molecule has 1 radical (unpaired) electrons. The first-order chi connectivity index (χ1) is 3.31. The van der Waals surface area contributed by atoms with Gasteiger partial charge in [-0.05, 0) is 6.92 Å². The van der Waals surface area contributed by atoms with Crippen LogP contribution >= 0.6 is 0 Å². The Balaban J connectivity index is 3.00. The molecule has 0 aromatic carbocycles. The van der Waals surface area contributed by atoms with E-state index in [1.165, 1.54) is 0 Å². The average molecular weight is 121 g/mol. The van der Waals surface area contributed by atoms with Gasteiger partial charge in [0.15, 0.2) is 11.1 Å². The second-order valence-electron chi connectivity index (χ2n) is 0.914. The quantitative estimate of drug-likeness (QED) is 0.544. The minimum absolute atomic E-state index is 0.292. The lowest BCUT2D eigenvalue weighted by Gasteiger charge is -1.91. The van der Waals surface area contributed by atoms with Gasteiger partial charge in [-0.25, -0.2) is 4.21 Å². The van der Waals surface area contributed by atoms with Crippen LogP contribution in [0.25, 0.3) is 0 Å². The van der Waals surface area contributed by atoms with Crippen molar-refractivity contribution in [3.63, 3.8) is 0 Å². The molecule has 0 fully saturated rings. The maximum Gasteiger partial charge on any atom is 0.155 e. The monoisotopic (exact) mass is 121 g/mol. The minimum Gasteiger partial charge on any atom is -0.291 e. The second kappa shape index (κ2) is 4.27. The van der Waals surface area contributed by atoms with Crippen LogP contribution in [0.15, 0.2) is 0 Å². The zero-order chi connectivity index (χ0) is 5.70. The van der Waals surface area contributed by atoms with Gasteiger partial charge in [0, 0.05) is 5.75 Å². The van der Waals surface area contributed by atoms with Gasteiger partial charge in [-0.15, -0.1) is 0 Å². The van der Waals surface area contributed by atoms with Crippen molar-refractivity contribution in [2.75, 3.05) is 12.4 Å². The molecular weight excluding hydrogens is 112 g/mol. The average Bonchev–Trinajstić information content (AvgIpc) is 1.68. The van der Waals surface area contributed by atoms with Crippen LogP contribution in [-0.2, 0) is 15.3 Å². The second-order valence-corrected chi connectivity index (χ2v) is 2.33. The van der Waals surface area contributed by atoms with E-state index >= 15 is 0 Å². The molecule has 1 atom stereocenters. The standard InChI is InChI=1S/C4H9O2S/c1-3-6-7(5)4-2/h1,3-4H2,2H3. The molecule has 3 heteroatoms. The molecule has 0 heterocycles. The van der Waals surface area contributed by atoms with Gasteiger partial charge in [0.25, 0.3) is 0 Å². The molecule has 43 valence electrons. The van der Waals surface area contributed by atoms with Crippen LogP contribution in [-0.4, -0.2) is 16.6 Å². The Bertz CT molecular complexity index is 62.7. The van der Waals surface area contributed by atoms with Crippen molar-refractivity contribution < 1.29 is 8.39 Å². The Labute approximate surface area is 46.5 Å². The van der Waals surface area contributed by atoms with Crippen molar-refractivity contribution in [3.8, 4) is 0 Å².